The van der Waals surface area contributed by atoms with Crippen LogP contribution < -0.4 is 9.27 Å². The molecular formula is C9H9N3O4S2. The number of benzene rings is 1. The predicted octanol–water partition coefficient (Wildman–Crippen LogP) is -0.283. The second-order valence-electron chi connectivity index (χ2n) is 3.47. The maximum absolute atomic E-state index is 11.8. The van der Waals surface area contributed by atoms with Crippen LogP contribution in [0.1, 0.15) is 0 Å². The lowest BCUT2D eigenvalue weighted by Gasteiger charge is -2.06. The Morgan fingerprint density at radius 3 is 2.39 bits per heavy atom. The summed E-state index contributed by atoms with van der Waals surface area (Å²) >= 11 is 0. The fourth-order valence-electron chi connectivity index (χ4n) is 1.50. The molecule has 0 aliphatic carbocycles. The van der Waals surface area contributed by atoms with E-state index in [4.69, 9.17) is 0 Å². The minimum absolute atomic E-state index is 0.316. The van der Waals surface area contributed by atoms with Gasteiger partial charge in [-0.3, -0.25) is 0 Å². The summed E-state index contributed by atoms with van der Waals surface area (Å²) in [5.41, 5.74) is 0. The number of fused-ring (bicyclic) bond motifs is 1. The third kappa shape index (κ3) is 2.64. The van der Waals surface area contributed by atoms with Crippen LogP contribution in [-0.2, 0) is 20.2 Å². The number of hydrogen-bond acceptors (Lipinski definition) is 5. The van der Waals surface area contributed by atoms with Gasteiger partial charge in [0.15, 0.2) is 5.03 Å². The van der Waals surface area contributed by atoms with Gasteiger partial charge < -0.3 is 0 Å². The molecule has 1 heterocycles. The van der Waals surface area contributed by atoms with Crippen LogP contribution in [0.15, 0.2) is 41.6 Å². The molecule has 0 aliphatic heterocycles. The van der Waals surface area contributed by atoms with Crippen molar-refractivity contribution in [2.24, 2.45) is 5.14 Å². The minimum atomic E-state index is -4.38. The van der Waals surface area contributed by atoms with Gasteiger partial charge in [0.1, 0.15) is 0 Å². The molecule has 2 aromatic rings. The zero-order valence-corrected chi connectivity index (χ0v) is 10.6. The summed E-state index contributed by atoms with van der Waals surface area (Å²) < 4.78 is 46.7. The Hall–Kier alpha value is -1.55. The van der Waals surface area contributed by atoms with Crippen molar-refractivity contribution in [2.45, 2.75) is 5.03 Å². The maximum Gasteiger partial charge on any atom is 0.287 e. The standard InChI is InChI=1S/C9H9N3O4S2/c10-18(15,16)12-17(13,14)9-8-4-2-1-3-7(8)5-6-11-9/h1-6,12H,(H2,10,15,16). The molecule has 96 valence electrons. The molecule has 0 saturated heterocycles. The zero-order chi connectivity index (χ0) is 13.4. The number of nitrogens with two attached hydrogens (primary N) is 1. The minimum Gasteiger partial charge on any atom is -0.243 e. The van der Waals surface area contributed by atoms with Gasteiger partial charge in [-0.2, -0.15) is 8.42 Å². The largest absolute Gasteiger partial charge is 0.287 e. The summed E-state index contributed by atoms with van der Waals surface area (Å²) in [6.45, 7) is 0. The fourth-order valence-corrected chi connectivity index (χ4v) is 3.71. The quantitative estimate of drug-likeness (QED) is 0.804. The molecule has 0 atom stereocenters. The molecule has 0 unspecified atom stereocenters. The Morgan fingerprint density at radius 2 is 1.72 bits per heavy atom. The van der Waals surface area contributed by atoms with Crippen molar-refractivity contribution < 1.29 is 16.8 Å². The zero-order valence-electron chi connectivity index (χ0n) is 8.94. The van der Waals surface area contributed by atoms with Crippen molar-refractivity contribution in [2.75, 3.05) is 0 Å². The van der Waals surface area contributed by atoms with Crippen molar-refractivity contribution in [1.82, 2.24) is 9.11 Å². The van der Waals surface area contributed by atoms with Gasteiger partial charge in [-0.05, 0) is 11.5 Å². The average molecular weight is 287 g/mol. The summed E-state index contributed by atoms with van der Waals surface area (Å²) in [7, 11) is -8.70. The van der Waals surface area contributed by atoms with Gasteiger partial charge in [0.05, 0.1) is 0 Å². The molecule has 1 aromatic carbocycles. The molecular weight excluding hydrogens is 278 g/mol. The molecule has 0 aliphatic rings. The van der Waals surface area contributed by atoms with E-state index in [1.54, 1.807) is 24.3 Å². The first-order chi connectivity index (χ1) is 8.30. The number of pyridine rings is 1. The third-order valence-electron chi connectivity index (χ3n) is 2.12. The van der Waals surface area contributed by atoms with Crippen LogP contribution in [0.4, 0.5) is 0 Å². The van der Waals surface area contributed by atoms with Gasteiger partial charge in [0.25, 0.3) is 20.2 Å². The average Bonchev–Trinajstić information content (AvgIpc) is 2.25. The van der Waals surface area contributed by atoms with Crippen molar-refractivity contribution in [1.29, 1.82) is 0 Å². The van der Waals surface area contributed by atoms with Crippen LogP contribution in [0.5, 0.6) is 0 Å². The molecule has 2 rings (SSSR count). The van der Waals surface area contributed by atoms with Crippen molar-refractivity contribution in [3.8, 4) is 0 Å². The van der Waals surface area contributed by atoms with E-state index < -0.39 is 20.2 Å². The molecule has 0 amide bonds. The summed E-state index contributed by atoms with van der Waals surface area (Å²) in [5.74, 6) is 0. The summed E-state index contributed by atoms with van der Waals surface area (Å²) in [5, 5.41) is 5.22. The summed E-state index contributed by atoms with van der Waals surface area (Å²) in [6.07, 6.45) is 1.28. The number of nitrogens with zero attached hydrogens (tertiary/aromatic N) is 1. The summed E-state index contributed by atoms with van der Waals surface area (Å²) in [6, 6.07) is 8.18. The lowest BCUT2D eigenvalue weighted by Crippen LogP contribution is -2.36. The highest BCUT2D eigenvalue weighted by atomic mass is 32.3. The van der Waals surface area contributed by atoms with E-state index in [0.29, 0.717) is 10.8 Å². The highest BCUT2D eigenvalue weighted by Gasteiger charge is 2.23. The van der Waals surface area contributed by atoms with E-state index in [2.05, 4.69) is 10.1 Å². The van der Waals surface area contributed by atoms with Gasteiger partial charge in [-0.15, -0.1) is 0 Å². The van der Waals surface area contributed by atoms with Crippen molar-refractivity contribution in [3.05, 3.63) is 36.5 Å². The monoisotopic (exact) mass is 287 g/mol. The second kappa shape index (κ2) is 4.28. The third-order valence-corrected chi connectivity index (χ3v) is 4.76. The molecule has 0 saturated carbocycles. The van der Waals surface area contributed by atoms with E-state index in [-0.39, 0.29) is 5.03 Å². The first-order valence-corrected chi connectivity index (χ1v) is 7.73. The number of rotatable bonds is 3. The Bertz CT molecular complexity index is 794. The molecule has 0 radical (unpaired) electrons. The van der Waals surface area contributed by atoms with Crippen LogP contribution in [0.25, 0.3) is 10.8 Å². The van der Waals surface area contributed by atoms with Crippen molar-refractivity contribution in [3.63, 3.8) is 0 Å². The number of nitrogens with one attached hydrogen (secondary N) is 1. The molecule has 0 fully saturated rings. The van der Waals surface area contributed by atoms with Gasteiger partial charge in [0.2, 0.25) is 0 Å². The SMILES string of the molecule is NS(=O)(=O)NS(=O)(=O)c1nccc2ccccc12. The summed E-state index contributed by atoms with van der Waals surface area (Å²) in [4.78, 5) is 3.69. The van der Waals surface area contributed by atoms with E-state index in [1.807, 2.05) is 0 Å². The Kier molecular flexibility index (Phi) is 3.07. The van der Waals surface area contributed by atoms with Gasteiger partial charge in [-0.1, -0.05) is 28.4 Å². The molecule has 7 nitrogen and oxygen atoms in total. The van der Waals surface area contributed by atoms with Gasteiger partial charge >= 0.3 is 0 Å². The number of aromatic nitrogens is 1. The van der Waals surface area contributed by atoms with Crippen molar-refractivity contribution >= 4 is 31.0 Å². The van der Waals surface area contributed by atoms with E-state index in [1.165, 1.54) is 16.4 Å². The molecule has 1 aromatic heterocycles. The lowest BCUT2D eigenvalue weighted by atomic mass is 10.2. The first kappa shape index (κ1) is 12.9. The van der Waals surface area contributed by atoms with Crippen LogP contribution in [0.2, 0.25) is 0 Å². The Balaban J connectivity index is 2.69. The molecule has 3 N–H and O–H groups in total. The normalized spacial score (nSPS) is 12.7. The maximum atomic E-state index is 11.8. The van der Waals surface area contributed by atoms with Gasteiger partial charge in [0, 0.05) is 11.6 Å². The number of hydrogen-bond donors (Lipinski definition) is 2. The first-order valence-electron chi connectivity index (χ1n) is 4.70. The predicted molar refractivity (Wildman–Crippen MR) is 65.2 cm³/mol. The number of sulfonamides is 1. The fraction of sp³-hybridized carbons (Fsp3) is 0. The molecule has 0 bridgehead atoms. The molecule has 9 heteroatoms. The van der Waals surface area contributed by atoms with E-state index in [9.17, 15) is 16.8 Å². The van der Waals surface area contributed by atoms with Gasteiger partial charge in [-0.25, -0.2) is 18.5 Å². The van der Waals surface area contributed by atoms with Crippen LogP contribution in [-0.4, -0.2) is 21.8 Å². The lowest BCUT2D eigenvalue weighted by molar-refractivity contribution is 0.576. The Labute approximate surface area is 104 Å². The molecule has 0 spiro atoms. The topological polar surface area (TPSA) is 119 Å². The highest BCUT2D eigenvalue weighted by molar-refractivity contribution is 8.03. The molecule has 18 heavy (non-hydrogen) atoms. The van der Waals surface area contributed by atoms with E-state index >= 15 is 0 Å². The van der Waals surface area contributed by atoms with E-state index in [0.717, 1.165) is 0 Å². The smallest absolute Gasteiger partial charge is 0.243 e. The Morgan fingerprint density at radius 1 is 1.06 bits per heavy atom. The highest BCUT2D eigenvalue weighted by Crippen LogP contribution is 2.20. The van der Waals surface area contributed by atoms with Crippen LogP contribution in [0.3, 0.4) is 0 Å². The van der Waals surface area contributed by atoms with Crippen LogP contribution >= 0.6 is 0 Å². The van der Waals surface area contributed by atoms with Crippen LogP contribution in [0, 0.1) is 0 Å². The second-order valence-corrected chi connectivity index (χ2v) is 6.62.